The van der Waals surface area contributed by atoms with Gasteiger partial charge in [0.1, 0.15) is 0 Å². The zero-order valence-electron chi connectivity index (χ0n) is 9.46. The van der Waals surface area contributed by atoms with Crippen LogP contribution in [0.1, 0.15) is 46.7 Å². The molecule has 0 aromatic heterocycles. The molecule has 1 aliphatic carbocycles. The largest absolute Gasteiger partial charge is 0.317 e. The number of carbonyl (C=O) groups is 1. The molecule has 1 aliphatic heterocycles. The Morgan fingerprint density at radius 1 is 1.12 bits per heavy atom. The van der Waals surface area contributed by atoms with Gasteiger partial charge >= 0.3 is 0 Å². The van der Waals surface area contributed by atoms with Crippen molar-refractivity contribution in [2.75, 3.05) is 13.1 Å². The molecule has 0 bridgehead atoms. The van der Waals surface area contributed by atoms with Crippen LogP contribution in [0.25, 0.3) is 0 Å². The van der Waals surface area contributed by atoms with Gasteiger partial charge in [0.15, 0.2) is 5.78 Å². The van der Waals surface area contributed by atoms with Crippen LogP contribution in [0.3, 0.4) is 0 Å². The number of carbonyl (C=O) groups excluding carboxylic acids is 1. The van der Waals surface area contributed by atoms with Gasteiger partial charge in [-0.3, -0.25) is 4.79 Å². The highest BCUT2D eigenvalue weighted by Gasteiger charge is 2.22. The van der Waals surface area contributed by atoms with Gasteiger partial charge in [-0.2, -0.15) is 0 Å². The molecule has 1 heterocycles. The summed E-state index contributed by atoms with van der Waals surface area (Å²) in [6, 6.07) is 6.48. The van der Waals surface area contributed by atoms with E-state index in [4.69, 9.17) is 0 Å². The number of hydrogen-bond donors (Lipinski definition) is 1. The first-order valence-corrected chi connectivity index (χ1v) is 6.21. The summed E-state index contributed by atoms with van der Waals surface area (Å²) >= 11 is 0. The lowest BCUT2D eigenvalue weighted by atomic mass is 9.88. The third-order valence-corrected chi connectivity index (χ3v) is 3.86. The van der Waals surface area contributed by atoms with Gasteiger partial charge in [0.2, 0.25) is 0 Å². The molecule has 2 nitrogen and oxygen atoms in total. The van der Waals surface area contributed by atoms with Crippen molar-refractivity contribution in [1.29, 1.82) is 0 Å². The lowest BCUT2D eigenvalue weighted by molar-refractivity contribution is 0.0994. The zero-order valence-corrected chi connectivity index (χ0v) is 9.46. The number of piperidine rings is 1. The van der Waals surface area contributed by atoms with Crippen LogP contribution in [0.5, 0.6) is 0 Å². The second-order valence-electron chi connectivity index (χ2n) is 4.86. The summed E-state index contributed by atoms with van der Waals surface area (Å²) in [7, 11) is 0. The molecule has 1 aromatic carbocycles. The molecule has 1 aromatic rings. The topological polar surface area (TPSA) is 29.1 Å². The number of benzene rings is 1. The third-order valence-electron chi connectivity index (χ3n) is 3.86. The monoisotopic (exact) mass is 215 g/mol. The Kier molecular flexibility index (Phi) is 2.52. The number of ketones is 1. The maximum absolute atomic E-state index is 11.5. The summed E-state index contributed by atoms with van der Waals surface area (Å²) in [5, 5.41) is 3.39. The molecule has 16 heavy (non-hydrogen) atoms. The van der Waals surface area contributed by atoms with Gasteiger partial charge in [-0.15, -0.1) is 0 Å². The maximum Gasteiger partial charge on any atom is 0.163 e. The first-order chi connectivity index (χ1) is 7.84. The van der Waals surface area contributed by atoms with E-state index in [-0.39, 0.29) is 0 Å². The van der Waals surface area contributed by atoms with E-state index in [1.807, 2.05) is 6.07 Å². The lowest BCUT2D eigenvalue weighted by Crippen LogP contribution is -2.26. The Balaban J connectivity index is 1.89. The fourth-order valence-corrected chi connectivity index (χ4v) is 2.88. The number of nitrogens with one attached hydrogen (secondary N) is 1. The van der Waals surface area contributed by atoms with E-state index in [1.165, 1.54) is 24.0 Å². The van der Waals surface area contributed by atoms with Crippen molar-refractivity contribution < 1.29 is 4.79 Å². The van der Waals surface area contributed by atoms with E-state index in [9.17, 15) is 4.79 Å². The van der Waals surface area contributed by atoms with Crippen LogP contribution >= 0.6 is 0 Å². The van der Waals surface area contributed by atoms with E-state index in [0.717, 1.165) is 25.1 Å². The van der Waals surface area contributed by atoms with Crippen LogP contribution in [0.15, 0.2) is 18.2 Å². The first kappa shape index (κ1) is 10.0. The maximum atomic E-state index is 11.5. The fourth-order valence-electron chi connectivity index (χ4n) is 2.88. The van der Waals surface area contributed by atoms with E-state index in [0.29, 0.717) is 18.1 Å². The molecule has 0 spiro atoms. The van der Waals surface area contributed by atoms with Crippen molar-refractivity contribution in [3.63, 3.8) is 0 Å². The normalized spacial score (nSPS) is 21.1. The molecule has 0 radical (unpaired) electrons. The minimum absolute atomic E-state index is 0.326. The summed E-state index contributed by atoms with van der Waals surface area (Å²) in [5.41, 5.74) is 3.69. The van der Waals surface area contributed by atoms with E-state index in [2.05, 4.69) is 17.4 Å². The van der Waals surface area contributed by atoms with Gasteiger partial charge in [-0.05, 0) is 49.4 Å². The standard InChI is InChI=1S/C14H17NO/c16-14-4-2-12-9-11(1-3-13(12)14)10-5-7-15-8-6-10/h1,3,9-10,15H,2,4-8H2. The van der Waals surface area contributed by atoms with E-state index >= 15 is 0 Å². The van der Waals surface area contributed by atoms with Crippen molar-refractivity contribution in [1.82, 2.24) is 5.32 Å². The molecule has 0 saturated carbocycles. The Hall–Kier alpha value is -1.15. The first-order valence-electron chi connectivity index (χ1n) is 6.21. The summed E-state index contributed by atoms with van der Waals surface area (Å²) in [6.45, 7) is 2.25. The predicted molar refractivity (Wildman–Crippen MR) is 63.9 cm³/mol. The molecule has 1 N–H and O–H groups in total. The van der Waals surface area contributed by atoms with Gasteiger partial charge in [-0.1, -0.05) is 18.2 Å². The molecule has 3 rings (SSSR count). The molecule has 2 aliphatic rings. The Morgan fingerprint density at radius 2 is 1.94 bits per heavy atom. The molecule has 0 amide bonds. The highest BCUT2D eigenvalue weighted by molar-refractivity contribution is 6.00. The van der Waals surface area contributed by atoms with Crippen LogP contribution in [0, 0.1) is 0 Å². The molecule has 0 unspecified atom stereocenters. The molecular weight excluding hydrogens is 198 g/mol. The Labute approximate surface area is 96.1 Å². The van der Waals surface area contributed by atoms with Gasteiger partial charge in [0.25, 0.3) is 0 Å². The Bertz CT molecular complexity index is 419. The molecule has 84 valence electrons. The average Bonchev–Trinajstić information content (AvgIpc) is 2.72. The highest BCUT2D eigenvalue weighted by atomic mass is 16.1. The van der Waals surface area contributed by atoms with Crippen LogP contribution in [-0.2, 0) is 6.42 Å². The molecular formula is C14H17NO. The van der Waals surface area contributed by atoms with Gasteiger partial charge in [0, 0.05) is 12.0 Å². The van der Waals surface area contributed by atoms with Crippen LogP contribution < -0.4 is 5.32 Å². The van der Waals surface area contributed by atoms with E-state index in [1.54, 1.807) is 0 Å². The number of fused-ring (bicyclic) bond motifs is 1. The van der Waals surface area contributed by atoms with Crippen LogP contribution in [0.2, 0.25) is 0 Å². The van der Waals surface area contributed by atoms with Gasteiger partial charge < -0.3 is 5.32 Å². The number of hydrogen-bond acceptors (Lipinski definition) is 2. The van der Waals surface area contributed by atoms with Gasteiger partial charge in [-0.25, -0.2) is 0 Å². The van der Waals surface area contributed by atoms with Crippen LogP contribution in [-0.4, -0.2) is 18.9 Å². The van der Waals surface area contributed by atoms with Crippen molar-refractivity contribution in [2.45, 2.75) is 31.6 Å². The van der Waals surface area contributed by atoms with E-state index < -0.39 is 0 Å². The predicted octanol–water partition coefficient (Wildman–Crippen LogP) is 2.28. The third kappa shape index (κ3) is 1.67. The lowest BCUT2D eigenvalue weighted by Gasteiger charge is -2.23. The van der Waals surface area contributed by atoms with Crippen molar-refractivity contribution in [3.8, 4) is 0 Å². The van der Waals surface area contributed by atoms with Gasteiger partial charge in [0.05, 0.1) is 0 Å². The van der Waals surface area contributed by atoms with Crippen molar-refractivity contribution in [2.24, 2.45) is 0 Å². The number of Topliss-reactive ketones (excluding diaryl/α,β-unsaturated/α-hetero) is 1. The zero-order chi connectivity index (χ0) is 11.0. The smallest absolute Gasteiger partial charge is 0.163 e. The average molecular weight is 215 g/mol. The quantitative estimate of drug-likeness (QED) is 0.778. The SMILES string of the molecule is O=C1CCc2cc(C3CCNCC3)ccc21. The molecule has 1 fully saturated rings. The number of aryl methyl sites for hydroxylation is 1. The summed E-state index contributed by atoms with van der Waals surface area (Å²) in [5.74, 6) is 1.02. The highest BCUT2D eigenvalue weighted by Crippen LogP contribution is 2.30. The second-order valence-corrected chi connectivity index (χ2v) is 4.86. The molecule has 1 saturated heterocycles. The van der Waals surface area contributed by atoms with Crippen molar-refractivity contribution in [3.05, 3.63) is 34.9 Å². The minimum atomic E-state index is 0.326. The summed E-state index contributed by atoms with van der Waals surface area (Å²) in [4.78, 5) is 11.5. The Morgan fingerprint density at radius 3 is 2.75 bits per heavy atom. The van der Waals surface area contributed by atoms with Crippen molar-refractivity contribution >= 4 is 5.78 Å². The number of rotatable bonds is 1. The summed E-state index contributed by atoms with van der Waals surface area (Å²) < 4.78 is 0. The molecule has 2 heteroatoms. The van der Waals surface area contributed by atoms with Crippen LogP contribution in [0.4, 0.5) is 0 Å². The molecule has 0 atom stereocenters. The minimum Gasteiger partial charge on any atom is -0.317 e. The second kappa shape index (κ2) is 4.02. The fraction of sp³-hybridized carbons (Fsp3) is 0.500. The summed E-state index contributed by atoms with van der Waals surface area (Å²) in [6.07, 6.45) is 4.12.